The molecule has 0 bridgehead atoms. The Hall–Kier alpha value is -3.81. The van der Waals surface area contributed by atoms with E-state index in [-0.39, 0.29) is 5.82 Å². The minimum atomic E-state index is 0.237. The SMILES string of the molecule is COc1ccc(-c2cnc(N=N)c(NCc3cc4ncccc4[nH]3)n2)cc1. The number of H-pyrrole nitrogens is 1. The van der Waals surface area contributed by atoms with Gasteiger partial charge in [0.2, 0.25) is 5.82 Å². The van der Waals surface area contributed by atoms with Crippen LogP contribution >= 0.6 is 0 Å². The van der Waals surface area contributed by atoms with Crippen molar-refractivity contribution in [1.82, 2.24) is 19.9 Å². The lowest BCUT2D eigenvalue weighted by Crippen LogP contribution is -2.03. The van der Waals surface area contributed by atoms with E-state index in [0.29, 0.717) is 18.1 Å². The first-order chi connectivity index (χ1) is 13.3. The first-order valence-electron chi connectivity index (χ1n) is 8.32. The molecule has 27 heavy (non-hydrogen) atoms. The van der Waals surface area contributed by atoms with Gasteiger partial charge < -0.3 is 15.0 Å². The van der Waals surface area contributed by atoms with Crippen molar-refractivity contribution >= 4 is 22.7 Å². The largest absolute Gasteiger partial charge is 0.497 e. The molecule has 0 saturated carbocycles. The maximum atomic E-state index is 7.33. The molecule has 0 fully saturated rings. The van der Waals surface area contributed by atoms with E-state index in [1.165, 1.54) is 0 Å². The average Bonchev–Trinajstić information content (AvgIpc) is 3.15. The zero-order chi connectivity index (χ0) is 18.6. The molecule has 4 aromatic rings. The summed E-state index contributed by atoms with van der Waals surface area (Å²) in [6.45, 7) is 0.486. The molecule has 4 rings (SSSR count). The van der Waals surface area contributed by atoms with Crippen molar-refractivity contribution in [2.75, 3.05) is 12.4 Å². The number of benzene rings is 1. The number of rotatable bonds is 6. The summed E-state index contributed by atoms with van der Waals surface area (Å²) in [7, 11) is 1.63. The number of pyridine rings is 1. The maximum Gasteiger partial charge on any atom is 0.216 e. The Morgan fingerprint density at radius 1 is 1.19 bits per heavy atom. The van der Waals surface area contributed by atoms with Crippen molar-refractivity contribution in [2.24, 2.45) is 5.11 Å². The van der Waals surface area contributed by atoms with Gasteiger partial charge in [-0.05, 0) is 42.5 Å². The van der Waals surface area contributed by atoms with E-state index in [0.717, 1.165) is 28.0 Å². The molecule has 0 amide bonds. The summed E-state index contributed by atoms with van der Waals surface area (Å²) in [5, 5.41) is 6.66. The quantitative estimate of drug-likeness (QED) is 0.444. The number of nitrogens with one attached hydrogen (secondary N) is 3. The van der Waals surface area contributed by atoms with Gasteiger partial charge in [0.15, 0.2) is 5.82 Å². The molecule has 134 valence electrons. The van der Waals surface area contributed by atoms with Gasteiger partial charge in [0.05, 0.1) is 36.6 Å². The summed E-state index contributed by atoms with van der Waals surface area (Å²) in [4.78, 5) is 16.4. The molecular weight excluding hydrogens is 342 g/mol. The van der Waals surface area contributed by atoms with Crippen LogP contribution in [0, 0.1) is 5.53 Å². The highest BCUT2D eigenvalue weighted by Gasteiger charge is 2.10. The average molecular weight is 359 g/mol. The lowest BCUT2D eigenvalue weighted by atomic mass is 10.1. The van der Waals surface area contributed by atoms with Crippen molar-refractivity contribution in [3.63, 3.8) is 0 Å². The predicted octanol–water partition coefficient (Wildman–Crippen LogP) is 4.30. The van der Waals surface area contributed by atoms with Gasteiger partial charge in [-0.15, -0.1) is 5.11 Å². The Kier molecular flexibility index (Phi) is 4.44. The standard InChI is InChI=1S/C19H17N7O/c1-27-14-6-4-12(5-7-14)17-11-23-19(26-20)18(25-17)22-10-13-9-16-15(24-13)3-2-8-21-16/h2-9,11,20,24H,10H2,1H3,(H,22,25). The second-order valence-electron chi connectivity index (χ2n) is 5.85. The smallest absolute Gasteiger partial charge is 0.216 e. The fraction of sp³-hybridized carbons (Fsp3) is 0.105. The summed E-state index contributed by atoms with van der Waals surface area (Å²) in [5.74, 6) is 1.46. The molecule has 8 heteroatoms. The molecule has 0 atom stereocenters. The molecule has 0 radical (unpaired) electrons. The minimum absolute atomic E-state index is 0.237. The van der Waals surface area contributed by atoms with Crippen LogP contribution in [0.2, 0.25) is 0 Å². The number of methoxy groups -OCH3 is 1. The van der Waals surface area contributed by atoms with Gasteiger partial charge in [0, 0.05) is 17.5 Å². The third-order valence-corrected chi connectivity index (χ3v) is 4.14. The third kappa shape index (κ3) is 3.45. The Morgan fingerprint density at radius 3 is 2.78 bits per heavy atom. The summed E-state index contributed by atoms with van der Waals surface area (Å²) in [6, 6.07) is 13.4. The first kappa shape index (κ1) is 16.6. The van der Waals surface area contributed by atoms with Gasteiger partial charge in [-0.25, -0.2) is 15.5 Å². The number of aromatic amines is 1. The molecule has 0 unspecified atom stereocenters. The van der Waals surface area contributed by atoms with Crippen molar-refractivity contribution in [2.45, 2.75) is 6.54 Å². The number of anilines is 1. The van der Waals surface area contributed by atoms with Crippen molar-refractivity contribution in [1.29, 1.82) is 5.53 Å². The van der Waals surface area contributed by atoms with Crippen molar-refractivity contribution in [3.8, 4) is 17.0 Å². The second-order valence-corrected chi connectivity index (χ2v) is 5.85. The zero-order valence-corrected chi connectivity index (χ0v) is 14.6. The van der Waals surface area contributed by atoms with E-state index >= 15 is 0 Å². The van der Waals surface area contributed by atoms with E-state index in [1.807, 2.05) is 42.5 Å². The molecule has 3 N–H and O–H groups in total. The number of nitrogens with zero attached hydrogens (tertiary/aromatic N) is 4. The number of aromatic nitrogens is 4. The normalized spacial score (nSPS) is 10.7. The van der Waals surface area contributed by atoms with Crippen molar-refractivity contribution < 1.29 is 4.74 Å². The Bertz CT molecular complexity index is 1060. The van der Waals surface area contributed by atoms with Gasteiger partial charge in [0.1, 0.15) is 5.75 Å². The third-order valence-electron chi connectivity index (χ3n) is 4.14. The van der Waals surface area contributed by atoms with E-state index in [1.54, 1.807) is 19.5 Å². The van der Waals surface area contributed by atoms with Crippen LogP contribution in [-0.4, -0.2) is 27.0 Å². The van der Waals surface area contributed by atoms with E-state index < -0.39 is 0 Å². The lowest BCUT2D eigenvalue weighted by Gasteiger charge is -2.09. The van der Waals surface area contributed by atoms with E-state index in [2.05, 4.69) is 30.4 Å². The molecule has 3 heterocycles. The molecule has 0 spiro atoms. The Labute approximate surface area is 155 Å². The van der Waals surface area contributed by atoms with E-state index in [4.69, 9.17) is 10.3 Å². The zero-order valence-electron chi connectivity index (χ0n) is 14.6. The number of fused-ring (bicyclic) bond motifs is 1. The minimum Gasteiger partial charge on any atom is -0.497 e. The van der Waals surface area contributed by atoms with Crippen LogP contribution in [0.25, 0.3) is 22.3 Å². The van der Waals surface area contributed by atoms with Crippen LogP contribution in [-0.2, 0) is 6.54 Å². The number of hydrogen-bond donors (Lipinski definition) is 3. The highest BCUT2D eigenvalue weighted by atomic mass is 16.5. The van der Waals surface area contributed by atoms with Crippen molar-refractivity contribution in [3.05, 3.63) is 60.6 Å². The summed E-state index contributed by atoms with van der Waals surface area (Å²) >= 11 is 0. The van der Waals surface area contributed by atoms with E-state index in [9.17, 15) is 0 Å². The fourth-order valence-corrected chi connectivity index (χ4v) is 2.77. The molecule has 0 aliphatic heterocycles. The lowest BCUT2D eigenvalue weighted by molar-refractivity contribution is 0.415. The molecule has 0 aliphatic rings. The van der Waals surface area contributed by atoms with Gasteiger partial charge in [-0.3, -0.25) is 4.98 Å². The van der Waals surface area contributed by atoms with Gasteiger partial charge in [-0.2, -0.15) is 0 Å². The molecule has 0 aliphatic carbocycles. The molecule has 0 saturated heterocycles. The fourth-order valence-electron chi connectivity index (χ4n) is 2.77. The van der Waals surface area contributed by atoms with Crippen LogP contribution in [0.15, 0.2) is 60.0 Å². The second kappa shape index (κ2) is 7.20. The highest BCUT2D eigenvalue weighted by molar-refractivity contribution is 5.75. The maximum absolute atomic E-state index is 7.33. The molecule has 8 nitrogen and oxygen atoms in total. The number of ether oxygens (including phenoxy) is 1. The van der Waals surface area contributed by atoms with Crippen LogP contribution < -0.4 is 10.1 Å². The Balaban J connectivity index is 1.59. The molecule has 3 aromatic heterocycles. The monoisotopic (exact) mass is 359 g/mol. The molecule has 1 aromatic carbocycles. The predicted molar refractivity (Wildman–Crippen MR) is 102 cm³/mol. The van der Waals surface area contributed by atoms with Crippen LogP contribution in [0.3, 0.4) is 0 Å². The number of hydrogen-bond acceptors (Lipinski definition) is 7. The van der Waals surface area contributed by atoms with Gasteiger partial charge in [0.25, 0.3) is 0 Å². The highest BCUT2D eigenvalue weighted by Crippen LogP contribution is 2.26. The van der Waals surface area contributed by atoms with Gasteiger partial charge in [-0.1, -0.05) is 0 Å². The van der Waals surface area contributed by atoms with Crippen LogP contribution in [0.5, 0.6) is 5.75 Å². The summed E-state index contributed by atoms with van der Waals surface area (Å²) in [5.41, 5.74) is 11.7. The Morgan fingerprint density at radius 2 is 2.04 bits per heavy atom. The topological polar surface area (TPSA) is 112 Å². The first-order valence-corrected chi connectivity index (χ1v) is 8.32. The molecular formula is C19H17N7O. The van der Waals surface area contributed by atoms with Crippen LogP contribution in [0.1, 0.15) is 5.69 Å². The van der Waals surface area contributed by atoms with Crippen LogP contribution in [0.4, 0.5) is 11.6 Å². The summed E-state index contributed by atoms with van der Waals surface area (Å²) in [6.07, 6.45) is 3.36. The summed E-state index contributed by atoms with van der Waals surface area (Å²) < 4.78 is 5.18. The van der Waals surface area contributed by atoms with Gasteiger partial charge >= 0.3 is 0 Å².